The van der Waals surface area contributed by atoms with Crippen molar-refractivity contribution in [2.24, 2.45) is 0 Å². The minimum atomic E-state index is -0.968. The van der Waals surface area contributed by atoms with Crippen molar-refractivity contribution in [1.29, 1.82) is 0 Å². The molecule has 7 nitrogen and oxygen atoms in total. The number of rotatable bonds is 4. The van der Waals surface area contributed by atoms with Gasteiger partial charge in [0.1, 0.15) is 11.7 Å². The van der Waals surface area contributed by atoms with Crippen molar-refractivity contribution in [3.8, 4) is 16.9 Å². The second-order valence-electron chi connectivity index (χ2n) is 8.00. The van der Waals surface area contributed by atoms with E-state index in [1.54, 1.807) is 4.68 Å². The number of pyridine rings is 1. The van der Waals surface area contributed by atoms with Crippen LogP contribution in [0.15, 0.2) is 64.5 Å². The van der Waals surface area contributed by atoms with Crippen LogP contribution in [0.2, 0.25) is 0 Å². The molecule has 0 radical (unpaired) electrons. The number of aliphatic carboxylic acids is 1. The quantitative estimate of drug-likeness (QED) is 0.529. The molecule has 8 heteroatoms. The molecule has 2 aliphatic rings. The summed E-state index contributed by atoms with van der Waals surface area (Å²) in [5.74, 6) is -0.259. The van der Waals surface area contributed by atoms with Crippen molar-refractivity contribution in [1.82, 2.24) is 19.6 Å². The largest absolute Gasteiger partial charge is 0.480 e. The number of thioether (sulfide) groups is 1. The molecule has 2 aromatic heterocycles. The Morgan fingerprint density at radius 1 is 1.10 bits per heavy atom. The highest BCUT2D eigenvalue weighted by atomic mass is 32.2. The predicted molar refractivity (Wildman–Crippen MR) is 118 cm³/mol. The Balaban J connectivity index is 1.47. The molecule has 3 heterocycles. The van der Waals surface area contributed by atoms with Crippen molar-refractivity contribution in [3.05, 3.63) is 70.6 Å². The second-order valence-corrected chi connectivity index (χ2v) is 9.01. The van der Waals surface area contributed by atoms with Crippen LogP contribution in [0, 0.1) is 0 Å². The van der Waals surface area contributed by atoms with Crippen LogP contribution in [0.5, 0.6) is 0 Å². The molecule has 1 fully saturated rings. The summed E-state index contributed by atoms with van der Waals surface area (Å²) < 4.78 is 3.16. The third kappa shape index (κ3) is 2.97. The highest BCUT2D eigenvalue weighted by Gasteiger charge is 2.38. The number of benzene rings is 2. The van der Waals surface area contributed by atoms with Gasteiger partial charge in [0.05, 0.1) is 16.9 Å². The highest BCUT2D eigenvalue weighted by Crippen LogP contribution is 2.50. The Labute approximate surface area is 181 Å². The van der Waals surface area contributed by atoms with E-state index in [1.165, 1.54) is 22.4 Å². The van der Waals surface area contributed by atoms with E-state index in [0.717, 1.165) is 45.5 Å². The maximum absolute atomic E-state index is 12.9. The van der Waals surface area contributed by atoms with E-state index in [1.807, 2.05) is 30.5 Å². The minimum absolute atomic E-state index is 0.299. The number of carboxylic acids is 1. The van der Waals surface area contributed by atoms with Gasteiger partial charge in [-0.05, 0) is 47.2 Å². The first-order chi connectivity index (χ1) is 15.1. The topological polar surface area (TPSA) is 90.0 Å². The zero-order valence-electron chi connectivity index (χ0n) is 16.4. The Morgan fingerprint density at radius 3 is 2.68 bits per heavy atom. The van der Waals surface area contributed by atoms with Gasteiger partial charge in [0.25, 0.3) is 5.56 Å². The molecule has 1 atom stereocenters. The average molecular weight is 430 g/mol. The van der Waals surface area contributed by atoms with E-state index >= 15 is 0 Å². The third-order valence-corrected chi connectivity index (χ3v) is 7.14. The van der Waals surface area contributed by atoms with Crippen LogP contribution in [-0.2, 0) is 4.79 Å². The maximum atomic E-state index is 12.9. The lowest BCUT2D eigenvalue weighted by Crippen LogP contribution is -2.29. The van der Waals surface area contributed by atoms with Crippen LogP contribution >= 0.6 is 11.8 Å². The molecular weight excluding hydrogens is 412 g/mol. The van der Waals surface area contributed by atoms with Crippen LogP contribution in [0.4, 0.5) is 0 Å². The van der Waals surface area contributed by atoms with Crippen LogP contribution in [-0.4, -0.2) is 36.4 Å². The molecule has 1 aliphatic carbocycles. The van der Waals surface area contributed by atoms with Gasteiger partial charge in [-0.15, -0.1) is 16.9 Å². The summed E-state index contributed by atoms with van der Waals surface area (Å²) >= 11 is 1.45. The second kappa shape index (κ2) is 6.81. The summed E-state index contributed by atoms with van der Waals surface area (Å²) in [5.41, 5.74) is 3.04. The van der Waals surface area contributed by atoms with Crippen molar-refractivity contribution < 1.29 is 9.90 Å². The van der Waals surface area contributed by atoms with Gasteiger partial charge in [0.2, 0.25) is 0 Å². The van der Waals surface area contributed by atoms with Crippen LogP contribution in [0.25, 0.3) is 27.7 Å². The van der Waals surface area contributed by atoms with Crippen molar-refractivity contribution >= 4 is 28.5 Å². The number of carboxylic acid groups (broad SMARTS) is 1. The summed E-state index contributed by atoms with van der Waals surface area (Å²) in [4.78, 5) is 24.5. The molecule has 0 spiro atoms. The van der Waals surface area contributed by atoms with Gasteiger partial charge in [0.15, 0.2) is 0 Å². The smallest absolute Gasteiger partial charge is 0.327 e. The van der Waals surface area contributed by atoms with E-state index < -0.39 is 12.0 Å². The van der Waals surface area contributed by atoms with Crippen molar-refractivity contribution in [2.45, 2.75) is 29.8 Å². The molecule has 2 aromatic carbocycles. The highest BCUT2D eigenvalue weighted by molar-refractivity contribution is 7.99. The lowest BCUT2D eigenvalue weighted by Gasteiger charge is -2.14. The summed E-state index contributed by atoms with van der Waals surface area (Å²) in [6, 6.07) is 14.9. The fourth-order valence-electron chi connectivity index (χ4n) is 4.28. The molecule has 31 heavy (non-hydrogen) atoms. The normalized spacial score (nSPS) is 17.7. The van der Waals surface area contributed by atoms with E-state index in [0.29, 0.717) is 17.4 Å². The van der Waals surface area contributed by atoms with Crippen LogP contribution in [0.1, 0.15) is 30.4 Å². The first-order valence-electron chi connectivity index (χ1n) is 10.2. The standard InChI is InChI=1S/C23H18N4O3S/c28-20-10-17(21(14-5-6-14)22-27(20)19(12-31-22)23(29)30)18-11-26(25-24-18)16-8-7-13-3-1-2-4-15(13)9-16/h1-4,7-11,14,19H,5-6,12H2,(H,29,30). The fraction of sp³-hybridized carbons (Fsp3) is 0.217. The zero-order chi connectivity index (χ0) is 21.1. The summed E-state index contributed by atoms with van der Waals surface area (Å²) in [5, 5.41) is 21.3. The van der Waals surface area contributed by atoms with E-state index in [9.17, 15) is 14.7 Å². The molecule has 1 N–H and O–H groups in total. The molecule has 1 saturated carbocycles. The summed E-state index contributed by atoms with van der Waals surface area (Å²) in [6.45, 7) is 0. The van der Waals surface area contributed by atoms with Gasteiger partial charge in [-0.3, -0.25) is 9.36 Å². The molecule has 0 amide bonds. The third-order valence-electron chi connectivity index (χ3n) is 5.97. The monoisotopic (exact) mass is 430 g/mol. The number of carbonyl (C=O) groups is 1. The van der Waals surface area contributed by atoms with Crippen molar-refractivity contribution in [2.75, 3.05) is 5.75 Å². The number of nitrogens with zero attached hydrogens (tertiary/aromatic N) is 4. The average Bonchev–Trinajstić information content (AvgIpc) is 3.31. The molecule has 6 rings (SSSR count). The van der Waals surface area contributed by atoms with Crippen LogP contribution in [0.3, 0.4) is 0 Å². The molecule has 0 bridgehead atoms. The van der Waals surface area contributed by atoms with Gasteiger partial charge in [-0.25, -0.2) is 9.48 Å². The first kappa shape index (κ1) is 18.4. The molecule has 154 valence electrons. The number of fused-ring (bicyclic) bond motifs is 2. The van der Waals surface area contributed by atoms with Crippen molar-refractivity contribution in [3.63, 3.8) is 0 Å². The molecule has 4 aromatic rings. The number of hydrogen-bond donors (Lipinski definition) is 1. The fourth-order valence-corrected chi connectivity index (χ4v) is 5.68. The SMILES string of the molecule is O=C(O)C1CSc2c(C3CC3)c(-c3cn(-c4ccc5ccccc5c4)nn3)cc(=O)n21. The predicted octanol–water partition coefficient (Wildman–Crippen LogP) is 3.86. The Kier molecular flexibility index (Phi) is 4.04. The number of hydrogen-bond acceptors (Lipinski definition) is 5. The lowest BCUT2D eigenvalue weighted by molar-refractivity contribution is -0.140. The summed E-state index contributed by atoms with van der Waals surface area (Å²) in [7, 11) is 0. The first-order valence-corrected chi connectivity index (χ1v) is 11.2. The Bertz CT molecular complexity index is 1420. The zero-order valence-corrected chi connectivity index (χ0v) is 17.2. The molecular formula is C23H18N4O3S. The van der Waals surface area contributed by atoms with Gasteiger partial charge < -0.3 is 5.11 Å². The molecule has 0 saturated heterocycles. The van der Waals surface area contributed by atoms with Gasteiger partial charge >= 0.3 is 5.97 Å². The Hall–Kier alpha value is -3.39. The minimum Gasteiger partial charge on any atom is -0.480 e. The van der Waals surface area contributed by atoms with E-state index in [2.05, 4.69) is 28.5 Å². The summed E-state index contributed by atoms with van der Waals surface area (Å²) in [6.07, 6.45) is 3.92. The van der Waals surface area contributed by atoms with E-state index in [-0.39, 0.29) is 5.56 Å². The molecule has 1 aliphatic heterocycles. The van der Waals surface area contributed by atoms with Gasteiger partial charge in [-0.2, -0.15) is 0 Å². The van der Waals surface area contributed by atoms with Gasteiger partial charge in [-0.1, -0.05) is 35.5 Å². The molecule has 1 unspecified atom stereocenters. The number of aromatic nitrogens is 4. The Morgan fingerprint density at radius 2 is 1.90 bits per heavy atom. The van der Waals surface area contributed by atoms with E-state index in [4.69, 9.17) is 0 Å². The van der Waals surface area contributed by atoms with Gasteiger partial charge in [0, 0.05) is 17.4 Å². The lowest BCUT2D eigenvalue weighted by atomic mass is 10.0. The van der Waals surface area contributed by atoms with Crippen LogP contribution < -0.4 is 5.56 Å². The maximum Gasteiger partial charge on any atom is 0.327 e.